The molecule has 0 saturated carbocycles. The molecule has 2 amide bonds. The van der Waals surface area contributed by atoms with E-state index in [1.54, 1.807) is 6.92 Å². The molecule has 0 fully saturated rings. The summed E-state index contributed by atoms with van der Waals surface area (Å²) in [6.45, 7) is 1.71. The highest BCUT2D eigenvalue weighted by molar-refractivity contribution is 5.91. The van der Waals surface area contributed by atoms with Gasteiger partial charge in [-0.05, 0) is 25.5 Å². The van der Waals surface area contributed by atoms with E-state index in [9.17, 15) is 9.18 Å². The zero-order valence-electron chi connectivity index (χ0n) is 11.1. The topological polar surface area (TPSA) is 70.6 Å². The van der Waals surface area contributed by atoms with E-state index in [2.05, 4.69) is 16.6 Å². The third kappa shape index (κ3) is 5.16. The van der Waals surface area contributed by atoms with Gasteiger partial charge in [-0.3, -0.25) is 0 Å². The van der Waals surface area contributed by atoms with E-state index < -0.39 is 11.8 Å². The Morgan fingerprint density at radius 3 is 3.00 bits per heavy atom. The molecule has 0 unspecified atom stereocenters. The highest BCUT2D eigenvalue weighted by atomic mass is 19.1. The minimum atomic E-state index is -0.489. The van der Waals surface area contributed by atoms with Gasteiger partial charge in [0.2, 0.25) is 0 Å². The lowest BCUT2D eigenvalue weighted by molar-refractivity contribution is 0.241. The molecule has 0 heterocycles. The van der Waals surface area contributed by atoms with Gasteiger partial charge in [0, 0.05) is 18.7 Å². The number of anilines is 1. The van der Waals surface area contributed by atoms with Gasteiger partial charge in [0.05, 0.1) is 5.69 Å². The number of hydrogen-bond donors (Lipinski definition) is 3. The molecule has 1 aromatic rings. The van der Waals surface area contributed by atoms with Gasteiger partial charge in [-0.15, -0.1) is 6.42 Å². The van der Waals surface area contributed by atoms with Crippen molar-refractivity contribution in [2.24, 2.45) is 0 Å². The molecule has 3 N–H and O–H groups in total. The molecular formula is C14H17FN2O3. The molecule has 0 saturated heterocycles. The van der Waals surface area contributed by atoms with Crippen LogP contribution in [0.5, 0.6) is 5.75 Å². The lowest BCUT2D eigenvalue weighted by Crippen LogP contribution is -2.36. The number of nitrogens with one attached hydrogen (secondary N) is 2. The molecule has 0 bridgehead atoms. The molecule has 108 valence electrons. The van der Waals surface area contributed by atoms with E-state index in [0.29, 0.717) is 12.1 Å². The third-order valence-electron chi connectivity index (χ3n) is 2.44. The lowest BCUT2D eigenvalue weighted by atomic mass is 10.2. The summed E-state index contributed by atoms with van der Waals surface area (Å²) in [5.41, 5.74) is 0.315. The summed E-state index contributed by atoms with van der Waals surface area (Å²) in [5, 5.41) is 13.9. The molecule has 5 nitrogen and oxygen atoms in total. The first-order valence-corrected chi connectivity index (χ1v) is 6.11. The number of ether oxygens (including phenoxy) is 1. The van der Waals surface area contributed by atoms with Gasteiger partial charge in [0.1, 0.15) is 18.2 Å². The average molecular weight is 280 g/mol. The number of hydrogen-bond acceptors (Lipinski definition) is 3. The van der Waals surface area contributed by atoms with Gasteiger partial charge in [-0.25, -0.2) is 9.18 Å². The van der Waals surface area contributed by atoms with Crippen molar-refractivity contribution in [3.05, 3.63) is 24.0 Å². The lowest BCUT2D eigenvalue weighted by Gasteiger charge is -2.15. The number of amides is 2. The number of carbonyl (C=O) groups is 1. The van der Waals surface area contributed by atoms with Crippen LogP contribution in [-0.2, 0) is 0 Å². The third-order valence-corrected chi connectivity index (χ3v) is 2.44. The van der Waals surface area contributed by atoms with Crippen LogP contribution in [0.4, 0.5) is 14.9 Å². The van der Waals surface area contributed by atoms with Crippen molar-refractivity contribution in [3.63, 3.8) is 0 Å². The van der Waals surface area contributed by atoms with Crippen molar-refractivity contribution in [1.82, 2.24) is 5.32 Å². The number of terminal acetylenes is 1. The molecule has 0 aliphatic heterocycles. The standard InChI is InChI=1S/C14H17FN2O3/c1-3-8-20-13-9-11(15)4-5-12(13)17-14(19)16-10(2)6-7-18/h1,4-5,9-10,18H,6-8H2,2H3,(H2,16,17,19)/t10-/m1/s1. The number of rotatable bonds is 6. The second-order valence-corrected chi connectivity index (χ2v) is 4.15. The zero-order chi connectivity index (χ0) is 15.0. The second-order valence-electron chi connectivity index (χ2n) is 4.15. The SMILES string of the molecule is C#CCOc1cc(F)ccc1NC(=O)N[C@H](C)CCO. The first-order valence-electron chi connectivity index (χ1n) is 6.11. The summed E-state index contributed by atoms with van der Waals surface area (Å²) in [6, 6.07) is 3.08. The Labute approximate surface area is 117 Å². The maximum atomic E-state index is 13.1. The van der Waals surface area contributed by atoms with Crippen molar-refractivity contribution >= 4 is 11.7 Å². The predicted octanol–water partition coefficient (Wildman–Crippen LogP) is 1.73. The van der Waals surface area contributed by atoms with Crippen LogP contribution < -0.4 is 15.4 Å². The van der Waals surface area contributed by atoms with E-state index >= 15 is 0 Å². The van der Waals surface area contributed by atoms with Crippen LogP contribution in [0.3, 0.4) is 0 Å². The van der Waals surface area contributed by atoms with Gasteiger partial charge in [0.15, 0.2) is 0 Å². The molecular weight excluding hydrogens is 263 g/mol. The monoisotopic (exact) mass is 280 g/mol. The molecule has 1 rings (SSSR count). The summed E-state index contributed by atoms with van der Waals surface area (Å²) < 4.78 is 18.3. The average Bonchev–Trinajstić information content (AvgIpc) is 2.39. The summed E-state index contributed by atoms with van der Waals surface area (Å²) in [6.07, 6.45) is 5.51. The van der Waals surface area contributed by atoms with Crippen molar-refractivity contribution in [2.75, 3.05) is 18.5 Å². The second kappa shape index (κ2) is 8.02. The summed E-state index contributed by atoms with van der Waals surface area (Å²) >= 11 is 0. The van der Waals surface area contributed by atoms with E-state index in [1.807, 2.05) is 0 Å². The molecule has 1 atom stereocenters. The fourth-order valence-electron chi connectivity index (χ4n) is 1.49. The van der Waals surface area contributed by atoms with Crippen LogP contribution in [-0.4, -0.2) is 30.4 Å². The molecule has 0 aliphatic carbocycles. The fraction of sp³-hybridized carbons (Fsp3) is 0.357. The van der Waals surface area contributed by atoms with Crippen LogP contribution in [0.1, 0.15) is 13.3 Å². The normalized spacial score (nSPS) is 11.3. The number of aliphatic hydroxyl groups excluding tert-OH is 1. The van der Waals surface area contributed by atoms with E-state index in [1.165, 1.54) is 12.1 Å². The van der Waals surface area contributed by atoms with Crippen molar-refractivity contribution < 1.29 is 19.0 Å². The predicted molar refractivity (Wildman–Crippen MR) is 74.0 cm³/mol. The van der Waals surface area contributed by atoms with Gasteiger partial charge in [-0.2, -0.15) is 0 Å². The van der Waals surface area contributed by atoms with Crippen LogP contribution in [0, 0.1) is 18.2 Å². The van der Waals surface area contributed by atoms with Crippen molar-refractivity contribution in [1.29, 1.82) is 0 Å². The minimum absolute atomic E-state index is 0.0193. The quantitative estimate of drug-likeness (QED) is 0.695. The summed E-state index contributed by atoms with van der Waals surface area (Å²) in [5.74, 6) is 1.94. The largest absolute Gasteiger partial charge is 0.479 e. The molecule has 0 aromatic heterocycles. The Morgan fingerprint density at radius 2 is 2.35 bits per heavy atom. The van der Waals surface area contributed by atoms with E-state index in [-0.39, 0.29) is 25.0 Å². The number of urea groups is 1. The Bertz CT molecular complexity index is 500. The van der Waals surface area contributed by atoms with Gasteiger partial charge >= 0.3 is 6.03 Å². The Balaban J connectivity index is 2.71. The Morgan fingerprint density at radius 1 is 1.60 bits per heavy atom. The number of halogens is 1. The molecule has 0 radical (unpaired) electrons. The highest BCUT2D eigenvalue weighted by Crippen LogP contribution is 2.25. The highest BCUT2D eigenvalue weighted by Gasteiger charge is 2.11. The fourth-order valence-corrected chi connectivity index (χ4v) is 1.49. The van der Waals surface area contributed by atoms with Crippen molar-refractivity contribution in [2.45, 2.75) is 19.4 Å². The van der Waals surface area contributed by atoms with E-state index in [0.717, 1.165) is 6.07 Å². The van der Waals surface area contributed by atoms with E-state index in [4.69, 9.17) is 16.3 Å². The van der Waals surface area contributed by atoms with Crippen LogP contribution in [0.25, 0.3) is 0 Å². The Hall–Kier alpha value is -2.26. The molecule has 1 aromatic carbocycles. The first kappa shape index (κ1) is 15.8. The molecule has 20 heavy (non-hydrogen) atoms. The number of aliphatic hydroxyl groups is 1. The van der Waals surface area contributed by atoms with Crippen molar-refractivity contribution in [3.8, 4) is 18.1 Å². The van der Waals surface area contributed by atoms with Gasteiger partial charge < -0.3 is 20.5 Å². The van der Waals surface area contributed by atoms with Gasteiger partial charge in [0.25, 0.3) is 0 Å². The maximum Gasteiger partial charge on any atom is 0.319 e. The number of benzene rings is 1. The zero-order valence-corrected chi connectivity index (χ0v) is 11.1. The van der Waals surface area contributed by atoms with Gasteiger partial charge in [-0.1, -0.05) is 5.92 Å². The molecule has 0 aliphatic rings. The Kier molecular flexibility index (Phi) is 6.33. The first-order chi connectivity index (χ1) is 9.56. The minimum Gasteiger partial charge on any atom is -0.479 e. The maximum absolute atomic E-state index is 13.1. The summed E-state index contributed by atoms with van der Waals surface area (Å²) in [4.78, 5) is 11.7. The van der Waals surface area contributed by atoms with Crippen LogP contribution >= 0.6 is 0 Å². The molecule has 6 heteroatoms. The summed E-state index contributed by atoms with van der Waals surface area (Å²) in [7, 11) is 0. The molecule has 0 spiro atoms. The van der Waals surface area contributed by atoms with Crippen LogP contribution in [0.15, 0.2) is 18.2 Å². The van der Waals surface area contributed by atoms with Crippen LogP contribution in [0.2, 0.25) is 0 Å². The smallest absolute Gasteiger partial charge is 0.319 e. The number of carbonyl (C=O) groups excluding carboxylic acids is 1.